The van der Waals surface area contributed by atoms with Crippen LogP contribution < -0.4 is 5.73 Å². The van der Waals surface area contributed by atoms with E-state index >= 15 is 0 Å². The number of para-hydroxylation sites is 1. The summed E-state index contributed by atoms with van der Waals surface area (Å²) in [7, 11) is 0. The molecule has 0 spiro atoms. The number of carbonyl (C=O) groups excluding carboxylic acids is 2. The molecule has 7 nitrogen and oxygen atoms in total. The minimum Gasteiger partial charge on any atom is -0.480 e. The van der Waals surface area contributed by atoms with Crippen molar-refractivity contribution in [3.05, 3.63) is 36.0 Å². The van der Waals surface area contributed by atoms with E-state index in [0.717, 1.165) is 20.4 Å². The largest absolute Gasteiger partial charge is 0.480 e. The van der Waals surface area contributed by atoms with E-state index in [1.54, 1.807) is 0 Å². The van der Waals surface area contributed by atoms with E-state index in [4.69, 9.17) is 10.8 Å². The first kappa shape index (κ1) is 17.2. The van der Waals surface area contributed by atoms with Crippen LogP contribution in [0.5, 0.6) is 0 Å². The molecule has 0 aliphatic carbocycles. The van der Waals surface area contributed by atoms with Gasteiger partial charge in [-0.05, 0) is 11.6 Å². The number of imide groups is 1. The molecular weight excluding hydrogens is 366 g/mol. The number of aromatic amines is 1. The van der Waals surface area contributed by atoms with E-state index in [2.05, 4.69) is 21.1 Å². The summed E-state index contributed by atoms with van der Waals surface area (Å²) >= 11 is 2.80. The van der Waals surface area contributed by atoms with Crippen molar-refractivity contribution in [1.82, 2.24) is 8.91 Å². The number of hydrogen-bond donors (Lipinski definition) is 3. The highest BCUT2D eigenvalue weighted by molar-refractivity contribution is 9.08. The molecule has 1 aromatic heterocycles. The van der Waals surface area contributed by atoms with Gasteiger partial charge in [-0.2, -0.15) is 0 Å². The van der Waals surface area contributed by atoms with Crippen LogP contribution >= 0.6 is 16.1 Å². The van der Waals surface area contributed by atoms with E-state index in [0.29, 0.717) is 19.3 Å². The Morgan fingerprint density at radius 1 is 1.30 bits per heavy atom. The number of rotatable bonds is 3. The molecule has 1 aromatic carbocycles. The van der Waals surface area contributed by atoms with Gasteiger partial charge in [0.05, 0.1) is 16.1 Å². The van der Waals surface area contributed by atoms with Crippen LogP contribution in [0.1, 0.15) is 18.4 Å². The molecule has 1 atom stereocenters. The van der Waals surface area contributed by atoms with E-state index in [1.165, 1.54) is 0 Å². The van der Waals surface area contributed by atoms with Crippen molar-refractivity contribution in [1.29, 1.82) is 0 Å². The summed E-state index contributed by atoms with van der Waals surface area (Å²) in [5, 5.41) is 9.75. The molecule has 0 radical (unpaired) electrons. The van der Waals surface area contributed by atoms with Gasteiger partial charge in [0.1, 0.15) is 6.04 Å². The number of aliphatic carboxylic acids is 1. The predicted octanol–water partition coefficient (Wildman–Crippen LogP) is 1.57. The number of benzene rings is 1. The van der Waals surface area contributed by atoms with Crippen LogP contribution in [0, 0.1) is 0 Å². The maximum Gasteiger partial charge on any atom is 0.320 e. The van der Waals surface area contributed by atoms with Crippen LogP contribution in [0.3, 0.4) is 0 Å². The smallest absolute Gasteiger partial charge is 0.320 e. The first-order valence-corrected chi connectivity index (χ1v) is 7.66. The molecule has 2 amide bonds. The van der Waals surface area contributed by atoms with Crippen molar-refractivity contribution in [2.75, 3.05) is 0 Å². The summed E-state index contributed by atoms with van der Waals surface area (Å²) in [6.07, 6.45) is 2.86. The molecule has 1 unspecified atom stereocenters. The van der Waals surface area contributed by atoms with Crippen molar-refractivity contribution >= 4 is 44.8 Å². The molecule has 23 heavy (non-hydrogen) atoms. The van der Waals surface area contributed by atoms with Gasteiger partial charge in [-0.25, -0.2) is 3.93 Å². The zero-order valence-corrected chi connectivity index (χ0v) is 13.7. The number of amides is 2. The third-order valence-corrected chi connectivity index (χ3v) is 4.21. The summed E-state index contributed by atoms with van der Waals surface area (Å²) in [6.45, 7) is 0. The number of nitrogens with one attached hydrogen (secondary N) is 1. The summed E-state index contributed by atoms with van der Waals surface area (Å²) in [5.74, 6) is -1.26. The molecule has 122 valence electrons. The molecule has 1 fully saturated rings. The van der Waals surface area contributed by atoms with Crippen LogP contribution in [0.4, 0.5) is 0 Å². The van der Waals surface area contributed by atoms with Gasteiger partial charge in [0.2, 0.25) is 11.8 Å². The molecule has 0 bridgehead atoms. The summed E-state index contributed by atoms with van der Waals surface area (Å²) < 4.78 is 0.979. The van der Waals surface area contributed by atoms with E-state index in [1.807, 2.05) is 30.5 Å². The average molecular weight is 382 g/mol. The lowest BCUT2D eigenvalue weighted by Crippen LogP contribution is -2.32. The van der Waals surface area contributed by atoms with Crippen LogP contribution in [-0.4, -0.2) is 37.8 Å². The van der Waals surface area contributed by atoms with Gasteiger partial charge < -0.3 is 15.8 Å². The van der Waals surface area contributed by atoms with Crippen molar-refractivity contribution in [2.45, 2.75) is 25.3 Å². The minimum absolute atomic E-state index is 0.144. The molecule has 0 saturated carbocycles. The second-order valence-electron chi connectivity index (χ2n) is 5.08. The number of aromatic nitrogens is 1. The molecule has 8 heteroatoms. The number of nitrogens with two attached hydrogens (primary N) is 1. The van der Waals surface area contributed by atoms with E-state index in [-0.39, 0.29) is 11.8 Å². The maximum absolute atomic E-state index is 10.6. The number of H-pyrrole nitrogens is 1. The fraction of sp³-hybridized carbons (Fsp3) is 0.267. The van der Waals surface area contributed by atoms with Gasteiger partial charge in [0.15, 0.2) is 0 Å². The van der Waals surface area contributed by atoms with Crippen LogP contribution in [0.25, 0.3) is 10.9 Å². The lowest BCUT2D eigenvalue weighted by molar-refractivity contribution is -0.138. The Balaban J connectivity index is 0.000000203. The third kappa shape index (κ3) is 4.17. The minimum atomic E-state index is -0.972. The third-order valence-electron chi connectivity index (χ3n) is 3.42. The summed E-state index contributed by atoms with van der Waals surface area (Å²) in [5.41, 5.74) is 7.43. The average Bonchev–Trinajstić information content (AvgIpc) is 3.07. The van der Waals surface area contributed by atoms with E-state index in [9.17, 15) is 14.4 Å². The van der Waals surface area contributed by atoms with Crippen LogP contribution in [0.15, 0.2) is 30.5 Å². The van der Waals surface area contributed by atoms with E-state index < -0.39 is 12.0 Å². The van der Waals surface area contributed by atoms with Crippen LogP contribution in [-0.2, 0) is 20.8 Å². The van der Waals surface area contributed by atoms with Crippen molar-refractivity contribution in [2.24, 2.45) is 5.73 Å². The topological polar surface area (TPSA) is 116 Å². The Morgan fingerprint density at radius 2 is 1.91 bits per heavy atom. The zero-order chi connectivity index (χ0) is 17.0. The van der Waals surface area contributed by atoms with Gasteiger partial charge >= 0.3 is 5.97 Å². The number of carbonyl (C=O) groups is 3. The second-order valence-corrected chi connectivity index (χ2v) is 5.79. The quantitative estimate of drug-likeness (QED) is 0.550. The molecule has 1 aliphatic rings. The van der Waals surface area contributed by atoms with Gasteiger partial charge in [-0.15, -0.1) is 0 Å². The second kappa shape index (κ2) is 7.38. The van der Waals surface area contributed by atoms with Crippen molar-refractivity contribution < 1.29 is 19.5 Å². The van der Waals surface area contributed by atoms with Gasteiger partial charge in [-0.1, -0.05) is 18.2 Å². The first-order valence-electron chi connectivity index (χ1n) is 6.95. The number of nitrogens with zero attached hydrogens (tertiary/aromatic N) is 1. The maximum atomic E-state index is 10.6. The number of fused-ring (bicyclic) bond motifs is 1. The molecule has 1 aliphatic heterocycles. The Hall–Kier alpha value is -2.19. The zero-order valence-electron chi connectivity index (χ0n) is 12.2. The van der Waals surface area contributed by atoms with Crippen molar-refractivity contribution in [3.63, 3.8) is 0 Å². The molecule has 2 heterocycles. The fourth-order valence-corrected chi connectivity index (χ4v) is 2.53. The molecule has 4 N–H and O–H groups in total. The molecular formula is C15H16BrN3O4. The predicted molar refractivity (Wildman–Crippen MR) is 87.6 cm³/mol. The fourth-order valence-electron chi connectivity index (χ4n) is 2.17. The number of carboxylic acids is 1. The normalized spacial score (nSPS) is 15.5. The van der Waals surface area contributed by atoms with Crippen molar-refractivity contribution in [3.8, 4) is 0 Å². The van der Waals surface area contributed by atoms with Gasteiger partial charge in [0, 0.05) is 36.4 Å². The Labute approximate surface area is 140 Å². The summed E-state index contributed by atoms with van der Waals surface area (Å²) in [6, 6.07) is 6.91. The van der Waals surface area contributed by atoms with Gasteiger partial charge in [0.25, 0.3) is 0 Å². The highest BCUT2D eigenvalue weighted by Crippen LogP contribution is 2.18. The number of hydrogen-bond acceptors (Lipinski definition) is 4. The standard InChI is InChI=1S/C11H12N2O2.C4H4BrNO2/c12-9(11(14)15)5-7-6-13-10-4-2-1-3-8(7)10;5-6-3(7)1-2-4(6)8/h1-4,6,9,13H,5,12H2,(H,14,15);1-2H2. The first-order chi connectivity index (χ1) is 10.9. The Bertz CT molecular complexity index is 727. The SMILES string of the molecule is NC(Cc1c[nH]c2ccccc12)C(=O)O.O=C1CCC(=O)N1Br. The van der Waals surface area contributed by atoms with Gasteiger partial charge in [-0.3, -0.25) is 14.4 Å². The Morgan fingerprint density at radius 3 is 2.43 bits per heavy atom. The molecule has 3 rings (SSSR count). The molecule has 2 aromatic rings. The summed E-state index contributed by atoms with van der Waals surface area (Å²) in [4.78, 5) is 34.6. The lowest BCUT2D eigenvalue weighted by atomic mass is 10.1. The molecule has 1 saturated heterocycles. The lowest BCUT2D eigenvalue weighted by Gasteiger charge is -2.04. The number of carboxylic acid groups (broad SMARTS) is 1. The Kier molecular flexibility index (Phi) is 5.51. The number of halogens is 1. The monoisotopic (exact) mass is 381 g/mol. The highest BCUT2D eigenvalue weighted by Gasteiger charge is 2.26. The van der Waals surface area contributed by atoms with Crippen LogP contribution in [0.2, 0.25) is 0 Å². The highest BCUT2D eigenvalue weighted by atomic mass is 79.9.